The van der Waals surface area contributed by atoms with E-state index >= 15 is 0 Å². The van der Waals surface area contributed by atoms with E-state index in [1.54, 1.807) is 12.4 Å². The van der Waals surface area contributed by atoms with E-state index in [1.807, 2.05) is 6.07 Å². The van der Waals surface area contributed by atoms with Crippen LogP contribution in [0.25, 0.3) is 0 Å². The Bertz CT molecular complexity index is 562. The molecule has 0 aromatic carbocycles. The third kappa shape index (κ3) is 4.10. The molecule has 2 N–H and O–H groups in total. The van der Waals surface area contributed by atoms with Gasteiger partial charge in [0.1, 0.15) is 6.61 Å². The maximum atomic E-state index is 11.8. The van der Waals surface area contributed by atoms with Crippen LogP contribution >= 0.6 is 0 Å². The SMILES string of the molecule is O=C(NCCNC1CCN(c2ncccn2)CC1)N1CCOC1=O. The van der Waals surface area contributed by atoms with E-state index in [1.165, 1.54) is 0 Å². The van der Waals surface area contributed by atoms with Gasteiger partial charge in [-0.3, -0.25) is 0 Å². The number of urea groups is 1. The molecule has 1 aromatic rings. The molecule has 2 aliphatic rings. The number of carbonyl (C=O) groups excluding carboxylic acids is 2. The second kappa shape index (κ2) is 7.91. The number of amides is 3. The van der Waals surface area contributed by atoms with E-state index in [0.717, 1.165) is 36.8 Å². The summed E-state index contributed by atoms with van der Waals surface area (Å²) < 4.78 is 4.73. The maximum absolute atomic E-state index is 11.8. The monoisotopic (exact) mass is 334 g/mol. The molecule has 1 aromatic heterocycles. The Morgan fingerprint density at radius 2 is 1.96 bits per heavy atom. The zero-order valence-corrected chi connectivity index (χ0v) is 13.5. The number of nitrogens with zero attached hydrogens (tertiary/aromatic N) is 4. The summed E-state index contributed by atoms with van der Waals surface area (Å²) in [4.78, 5) is 34.8. The van der Waals surface area contributed by atoms with Crippen LogP contribution in [0.4, 0.5) is 15.5 Å². The molecule has 2 saturated heterocycles. The molecular formula is C15H22N6O3. The topological polar surface area (TPSA) is 99.7 Å². The Labute approximate surface area is 140 Å². The predicted octanol–water partition coefficient (Wildman–Crippen LogP) is 0.197. The number of cyclic esters (lactones) is 1. The van der Waals surface area contributed by atoms with Gasteiger partial charge >= 0.3 is 12.1 Å². The molecule has 0 bridgehead atoms. The quantitative estimate of drug-likeness (QED) is 0.742. The van der Waals surface area contributed by atoms with Crippen LogP contribution in [-0.4, -0.2) is 72.4 Å². The number of rotatable bonds is 5. The summed E-state index contributed by atoms with van der Waals surface area (Å²) in [5.41, 5.74) is 0. The summed E-state index contributed by atoms with van der Waals surface area (Å²) in [7, 11) is 0. The third-order valence-electron chi connectivity index (χ3n) is 4.17. The van der Waals surface area contributed by atoms with Gasteiger partial charge in [0.2, 0.25) is 5.95 Å². The Balaban J connectivity index is 1.31. The minimum atomic E-state index is -0.573. The zero-order valence-electron chi connectivity index (χ0n) is 13.5. The molecule has 9 heteroatoms. The van der Waals surface area contributed by atoms with Crippen molar-refractivity contribution in [2.45, 2.75) is 18.9 Å². The van der Waals surface area contributed by atoms with Crippen LogP contribution in [0, 0.1) is 0 Å². The number of carbonyl (C=O) groups is 2. The second-order valence-electron chi connectivity index (χ2n) is 5.76. The Morgan fingerprint density at radius 3 is 2.62 bits per heavy atom. The van der Waals surface area contributed by atoms with Crippen LogP contribution in [0.3, 0.4) is 0 Å². The molecule has 0 radical (unpaired) electrons. The number of imide groups is 1. The maximum Gasteiger partial charge on any atom is 0.418 e. The molecule has 0 unspecified atom stereocenters. The van der Waals surface area contributed by atoms with Crippen molar-refractivity contribution in [3.8, 4) is 0 Å². The van der Waals surface area contributed by atoms with Gasteiger partial charge in [-0.1, -0.05) is 0 Å². The highest BCUT2D eigenvalue weighted by molar-refractivity contribution is 5.91. The number of hydrogen-bond acceptors (Lipinski definition) is 7. The molecule has 3 heterocycles. The van der Waals surface area contributed by atoms with Gasteiger partial charge in [-0.25, -0.2) is 24.5 Å². The number of nitrogens with one attached hydrogen (secondary N) is 2. The van der Waals surface area contributed by atoms with Gasteiger partial charge in [-0.15, -0.1) is 0 Å². The third-order valence-corrected chi connectivity index (χ3v) is 4.17. The first-order chi connectivity index (χ1) is 11.7. The summed E-state index contributed by atoms with van der Waals surface area (Å²) >= 11 is 0. The first-order valence-electron chi connectivity index (χ1n) is 8.21. The van der Waals surface area contributed by atoms with Crippen LogP contribution < -0.4 is 15.5 Å². The molecule has 24 heavy (non-hydrogen) atoms. The molecule has 0 aliphatic carbocycles. The van der Waals surface area contributed by atoms with E-state index in [-0.39, 0.29) is 6.61 Å². The van der Waals surface area contributed by atoms with E-state index in [4.69, 9.17) is 4.74 Å². The van der Waals surface area contributed by atoms with Gasteiger partial charge in [-0.05, 0) is 18.9 Å². The minimum absolute atomic E-state index is 0.272. The fourth-order valence-corrected chi connectivity index (χ4v) is 2.86. The van der Waals surface area contributed by atoms with Crippen LogP contribution in [-0.2, 0) is 4.74 Å². The average molecular weight is 334 g/mol. The lowest BCUT2D eigenvalue weighted by Gasteiger charge is -2.32. The molecule has 0 saturated carbocycles. The summed E-state index contributed by atoms with van der Waals surface area (Å²) in [6, 6.07) is 1.84. The Kier molecular flexibility index (Phi) is 5.42. The molecule has 3 amide bonds. The summed E-state index contributed by atoms with van der Waals surface area (Å²) in [5, 5.41) is 6.16. The predicted molar refractivity (Wildman–Crippen MR) is 86.7 cm³/mol. The van der Waals surface area contributed by atoms with Crippen molar-refractivity contribution >= 4 is 18.1 Å². The van der Waals surface area contributed by atoms with E-state index in [9.17, 15) is 9.59 Å². The summed E-state index contributed by atoms with van der Waals surface area (Å²) in [6.45, 7) is 3.55. The molecule has 0 spiro atoms. The molecule has 0 atom stereocenters. The fourth-order valence-electron chi connectivity index (χ4n) is 2.86. The first-order valence-corrected chi connectivity index (χ1v) is 8.21. The largest absolute Gasteiger partial charge is 0.447 e. The van der Waals surface area contributed by atoms with E-state index in [0.29, 0.717) is 25.7 Å². The van der Waals surface area contributed by atoms with E-state index < -0.39 is 12.1 Å². The normalized spacial score (nSPS) is 18.6. The number of anilines is 1. The van der Waals surface area contributed by atoms with Gasteiger partial charge in [0.25, 0.3) is 0 Å². The van der Waals surface area contributed by atoms with Gasteiger partial charge < -0.3 is 20.3 Å². The van der Waals surface area contributed by atoms with Crippen LogP contribution in [0.1, 0.15) is 12.8 Å². The van der Waals surface area contributed by atoms with Gasteiger partial charge in [0.05, 0.1) is 6.54 Å². The standard InChI is InChI=1S/C15H22N6O3/c22-14(21-10-11-24-15(21)23)19-7-6-16-12-2-8-20(9-3-12)13-17-4-1-5-18-13/h1,4-5,12,16H,2-3,6-11H2,(H,19,22). The fraction of sp³-hybridized carbons (Fsp3) is 0.600. The Hall–Kier alpha value is -2.42. The highest BCUT2D eigenvalue weighted by Gasteiger charge is 2.28. The lowest BCUT2D eigenvalue weighted by atomic mass is 10.1. The van der Waals surface area contributed by atoms with Crippen molar-refractivity contribution in [1.29, 1.82) is 0 Å². The first kappa shape index (κ1) is 16.4. The second-order valence-corrected chi connectivity index (χ2v) is 5.76. The van der Waals surface area contributed by atoms with Gasteiger partial charge in [0.15, 0.2) is 0 Å². The molecular weight excluding hydrogens is 312 g/mol. The zero-order chi connectivity index (χ0) is 16.8. The van der Waals surface area contributed by atoms with Crippen molar-refractivity contribution < 1.29 is 14.3 Å². The van der Waals surface area contributed by atoms with Crippen molar-refractivity contribution in [2.24, 2.45) is 0 Å². The molecule has 2 aliphatic heterocycles. The van der Waals surface area contributed by atoms with E-state index in [2.05, 4.69) is 25.5 Å². The molecule has 3 rings (SSSR count). The number of hydrogen-bond donors (Lipinski definition) is 2. The highest BCUT2D eigenvalue weighted by Crippen LogP contribution is 2.14. The van der Waals surface area contributed by atoms with Crippen LogP contribution in [0.15, 0.2) is 18.5 Å². The Morgan fingerprint density at radius 1 is 1.21 bits per heavy atom. The van der Waals surface area contributed by atoms with Crippen LogP contribution in [0.2, 0.25) is 0 Å². The highest BCUT2D eigenvalue weighted by atomic mass is 16.6. The number of aromatic nitrogens is 2. The average Bonchev–Trinajstić information content (AvgIpc) is 3.06. The lowest BCUT2D eigenvalue weighted by molar-refractivity contribution is 0.158. The molecule has 130 valence electrons. The van der Waals surface area contributed by atoms with Crippen molar-refractivity contribution in [1.82, 2.24) is 25.5 Å². The van der Waals surface area contributed by atoms with Gasteiger partial charge in [0, 0.05) is 44.6 Å². The minimum Gasteiger partial charge on any atom is -0.447 e. The molecule has 2 fully saturated rings. The van der Waals surface area contributed by atoms with Crippen molar-refractivity contribution in [2.75, 3.05) is 44.2 Å². The van der Waals surface area contributed by atoms with Gasteiger partial charge in [-0.2, -0.15) is 0 Å². The van der Waals surface area contributed by atoms with Crippen LogP contribution in [0.5, 0.6) is 0 Å². The lowest BCUT2D eigenvalue weighted by Crippen LogP contribution is -2.47. The molecule has 9 nitrogen and oxygen atoms in total. The number of ether oxygens (including phenoxy) is 1. The summed E-state index contributed by atoms with van der Waals surface area (Å²) in [5.74, 6) is 0.778. The summed E-state index contributed by atoms with van der Waals surface area (Å²) in [6.07, 6.45) is 4.95. The van der Waals surface area contributed by atoms with Crippen molar-refractivity contribution in [3.63, 3.8) is 0 Å². The van der Waals surface area contributed by atoms with Crippen molar-refractivity contribution in [3.05, 3.63) is 18.5 Å². The number of piperidine rings is 1. The smallest absolute Gasteiger partial charge is 0.418 e.